The first-order chi connectivity index (χ1) is 13.1. The Morgan fingerprint density at radius 3 is 2.39 bits per heavy atom. The number of benzene rings is 1. The largest absolute Gasteiger partial charge is 0.444 e. The van der Waals surface area contributed by atoms with Gasteiger partial charge in [0.05, 0.1) is 6.54 Å². The Morgan fingerprint density at radius 2 is 1.82 bits per heavy atom. The summed E-state index contributed by atoms with van der Waals surface area (Å²) in [4.78, 5) is 40.2. The van der Waals surface area contributed by atoms with Gasteiger partial charge in [0.15, 0.2) is 0 Å². The molecule has 1 aromatic rings. The molecule has 1 aliphatic rings. The van der Waals surface area contributed by atoms with Crippen molar-refractivity contribution in [2.45, 2.75) is 45.3 Å². The third-order valence-corrected chi connectivity index (χ3v) is 4.27. The van der Waals surface area contributed by atoms with Gasteiger partial charge in [0.2, 0.25) is 11.8 Å². The molecule has 154 valence electrons. The van der Waals surface area contributed by atoms with E-state index in [0.29, 0.717) is 18.7 Å². The number of carbonyl (C=O) groups is 3. The van der Waals surface area contributed by atoms with Crippen molar-refractivity contribution in [2.24, 2.45) is 0 Å². The van der Waals surface area contributed by atoms with Crippen molar-refractivity contribution in [2.75, 3.05) is 37.4 Å². The van der Waals surface area contributed by atoms with Crippen LogP contribution in [0.3, 0.4) is 0 Å². The van der Waals surface area contributed by atoms with Crippen LogP contribution >= 0.6 is 0 Å². The minimum absolute atomic E-state index is 0.160. The fraction of sp³-hybridized carbons (Fsp3) is 0.550. The average Bonchev–Trinajstić information content (AvgIpc) is 3.08. The number of anilines is 2. The van der Waals surface area contributed by atoms with Gasteiger partial charge < -0.3 is 20.3 Å². The summed E-state index contributed by atoms with van der Waals surface area (Å²) in [6.07, 6.45) is 0.774. The Kier molecular flexibility index (Phi) is 6.88. The van der Waals surface area contributed by atoms with Crippen molar-refractivity contribution in [3.63, 3.8) is 0 Å². The van der Waals surface area contributed by atoms with Gasteiger partial charge in [-0.05, 0) is 57.9 Å². The number of ether oxygens (including phenoxy) is 1. The van der Waals surface area contributed by atoms with E-state index in [1.165, 1.54) is 4.90 Å². The molecule has 1 aliphatic heterocycles. The third kappa shape index (κ3) is 6.14. The summed E-state index contributed by atoms with van der Waals surface area (Å²) in [5, 5.41) is 5.35. The smallest absolute Gasteiger partial charge is 0.410 e. The zero-order valence-corrected chi connectivity index (χ0v) is 17.2. The van der Waals surface area contributed by atoms with Gasteiger partial charge in [-0.2, -0.15) is 0 Å². The summed E-state index contributed by atoms with van der Waals surface area (Å²) < 4.78 is 5.36. The van der Waals surface area contributed by atoms with E-state index in [-0.39, 0.29) is 18.4 Å². The first-order valence-electron chi connectivity index (χ1n) is 9.41. The molecule has 28 heavy (non-hydrogen) atoms. The van der Waals surface area contributed by atoms with E-state index in [1.807, 2.05) is 31.1 Å². The second-order valence-electron chi connectivity index (χ2n) is 8.04. The lowest BCUT2D eigenvalue weighted by Gasteiger charge is -2.28. The lowest BCUT2D eigenvalue weighted by Crippen LogP contribution is -2.48. The number of amides is 3. The van der Waals surface area contributed by atoms with Crippen molar-refractivity contribution < 1.29 is 19.1 Å². The number of rotatable bonds is 5. The molecule has 1 aromatic carbocycles. The zero-order valence-electron chi connectivity index (χ0n) is 17.2. The maximum atomic E-state index is 12.5. The molecule has 0 aromatic heterocycles. The zero-order chi connectivity index (χ0) is 20.9. The number of hydrogen-bond acceptors (Lipinski definition) is 5. The van der Waals surface area contributed by atoms with Crippen LogP contribution in [0.15, 0.2) is 24.3 Å². The van der Waals surface area contributed by atoms with Crippen LogP contribution in [0.5, 0.6) is 0 Å². The molecule has 1 fully saturated rings. The highest BCUT2D eigenvalue weighted by Gasteiger charge is 2.36. The van der Waals surface area contributed by atoms with Gasteiger partial charge in [0, 0.05) is 32.0 Å². The highest BCUT2D eigenvalue weighted by atomic mass is 16.6. The Hall–Kier alpha value is -2.77. The molecule has 2 N–H and O–H groups in total. The van der Waals surface area contributed by atoms with E-state index in [0.717, 1.165) is 12.1 Å². The van der Waals surface area contributed by atoms with Crippen LogP contribution in [0.4, 0.5) is 16.2 Å². The van der Waals surface area contributed by atoms with E-state index in [1.54, 1.807) is 32.9 Å². The molecule has 2 rings (SSSR count). The number of nitrogens with zero attached hydrogens (tertiary/aromatic N) is 2. The molecule has 3 amide bonds. The maximum Gasteiger partial charge on any atom is 0.410 e. The Bertz CT molecular complexity index is 710. The molecular weight excluding hydrogens is 360 g/mol. The van der Waals surface area contributed by atoms with Gasteiger partial charge in [0.1, 0.15) is 11.6 Å². The van der Waals surface area contributed by atoms with Crippen molar-refractivity contribution in [3.8, 4) is 0 Å². The summed E-state index contributed by atoms with van der Waals surface area (Å²) in [5.74, 6) is -0.672. The second kappa shape index (κ2) is 8.95. The van der Waals surface area contributed by atoms with Gasteiger partial charge in [-0.25, -0.2) is 4.79 Å². The molecule has 1 saturated heterocycles. The summed E-state index contributed by atoms with van der Waals surface area (Å²) in [6, 6.07) is 6.78. The van der Waals surface area contributed by atoms with Gasteiger partial charge in [-0.3, -0.25) is 14.5 Å². The molecule has 0 spiro atoms. The van der Waals surface area contributed by atoms with E-state index < -0.39 is 17.7 Å². The van der Waals surface area contributed by atoms with E-state index in [9.17, 15) is 14.4 Å². The predicted octanol–water partition coefficient (Wildman–Crippen LogP) is 2.21. The van der Waals surface area contributed by atoms with E-state index >= 15 is 0 Å². The normalized spacial score (nSPS) is 16.5. The SMILES string of the molecule is CN(C)c1ccc(NC(=O)CNC(=O)C2CCCN2C(=O)OC(C)(C)C)cc1. The molecular formula is C20H30N4O4. The fourth-order valence-electron chi connectivity index (χ4n) is 2.91. The molecule has 8 nitrogen and oxygen atoms in total. The van der Waals surface area contributed by atoms with Crippen LogP contribution in [0.2, 0.25) is 0 Å². The number of hydrogen-bond donors (Lipinski definition) is 2. The Morgan fingerprint density at radius 1 is 1.18 bits per heavy atom. The minimum Gasteiger partial charge on any atom is -0.444 e. The summed E-state index contributed by atoms with van der Waals surface area (Å²) in [6.45, 7) is 5.66. The standard InChI is InChI=1S/C20H30N4O4/c1-20(2,3)28-19(27)24-12-6-7-16(24)18(26)21-13-17(25)22-14-8-10-15(11-9-14)23(4)5/h8-11,16H,6-7,12-13H2,1-5H3,(H,21,26)(H,22,25). The summed E-state index contributed by atoms with van der Waals surface area (Å²) >= 11 is 0. The highest BCUT2D eigenvalue weighted by Crippen LogP contribution is 2.21. The molecule has 1 unspecified atom stereocenters. The monoisotopic (exact) mass is 390 g/mol. The fourth-order valence-corrected chi connectivity index (χ4v) is 2.91. The predicted molar refractivity (Wildman–Crippen MR) is 108 cm³/mol. The molecule has 1 heterocycles. The van der Waals surface area contributed by atoms with Gasteiger partial charge in [0.25, 0.3) is 0 Å². The lowest BCUT2D eigenvalue weighted by molar-refractivity contribution is -0.127. The quantitative estimate of drug-likeness (QED) is 0.804. The first kappa shape index (κ1) is 21.5. The van der Waals surface area contributed by atoms with E-state index in [2.05, 4.69) is 10.6 Å². The second-order valence-corrected chi connectivity index (χ2v) is 8.04. The van der Waals surface area contributed by atoms with Gasteiger partial charge >= 0.3 is 6.09 Å². The van der Waals surface area contributed by atoms with Crippen molar-refractivity contribution in [1.29, 1.82) is 0 Å². The lowest BCUT2D eigenvalue weighted by atomic mass is 10.2. The molecule has 1 atom stereocenters. The molecule has 0 radical (unpaired) electrons. The van der Waals surface area contributed by atoms with Crippen LogP contribution < -0.4 is 15.5 Å². The molecule has 0 saturated carbocycles. The van der Waals surface area contributed by atoms with Gasteiger partial charge in [-0.15, -0.1) is 0 Å². The van der Waals surface area contributed by atoms with Crippen LogP contribution in [0.1, 0.15) is 33.6 Å². The topological polar surface area (TPSA) is 91.0 Å². The molecule has 0 bridgehead atoms. The summed E-state index contributed by atoms with van der Waals surface area (Å²) in [5.41, 5.74) is 1.05. The average molecular weight is 390 g/mol. The first-order valence-corrected chi connectivity index (χ1v) is 9.41. The van der Waals surface area contributed by atoms with Crippen molar-refractivity contribution in [1.82, 2.24) is 10.2 Å². The van der Waals surface area contributed by atoms with Crippen LogP contribution in [-0.4, -0.2) is 61.6 Å². The van der Waals surface area contributed by atoms with E-state index in [4.69, 9.17) is 4.74 Å². The molecule has 8 heteroatoms. The number of nitrogens with one attached hydrogen (secondary N) is 2. The highest BCUT2D eigenvalue weighted by molar-refractivity contribution is 5.96. The Labute approximate surface area is 166 Å². The maximum absolute atomic E-state index is 12.5. The number of carbonyl (C=O) groups excluding carboxylic acids is 3. The minimum atomic E-state index is -0.622. The van der Waals surface area contributed by atoms with Gasteiger partial charge in [-0.1, -0.05) is 0 Å². The third-order valence-electron chi connectivity index (χ3n) is 4.27. The van der Waals surface area contributed by atoms with Crippen molar-refractivity contribution >= 4 is 29.3 Å². The Balaban J connectivity index is 1.85. The molecule has 0 aliphatic carbocycles. The van der Waals surface area contributed by atoms with Crippen LogP contribution in [0.25, 0.3) is 0 Å². The summed E-state index contributed by atoms with van der Waals surface area (Å²) in [7, 11) is 3.87. The van der Waals surface area contributed by atoms with Crippen molar-refractivity contribution in [3.05, 3.63) is 24.3 Å². The van der Waals surface area contributed by atoms with Crippen LogP contribution in [0, 0.1) is 0 Å². The van der Waals surface area contributed by atoms with Crippen LogP contribution in [-0.2, 0) is 14.3 Å². The number of likely N-dealkylation sites (tertiary alicyclic amines) is 1.